The maximum absolute atomic E-state index is 14.2. The van der Waals surface area contributed by atoms with Gasteiger partial charge in [0.05, 0.1) is 23.5 Å². The first-order valence-corrected chi connectivity index (χ1v) is 13.3. The van der Waals surface area contributed by atoms with Crippen molar-refractivity contribution in [2.24, 2.45) is 17.3 Å². The molecule has 1 aromatic heterocycles. The Balaban J connectivity index is 1.35. The summed E-state index contributed by atoms with van der Waals surface area (Å²) in [6.07, 6.45) is 2.64. The highest BCUT2D eigenvalue weighted by molar-refractivity contribution is 6.30. The normalized spacial score (nSPS) is 26.1. The van der Waals surface area contributed by atoms with Gasteiger partial charge in [0.15, 0.2) is 0 Å². The van der Waals surface area contributed by atoms with Crippen molar-refractivity contribution in [1.29, 1.82) is 0 Å². The fourth-order valence-electron chi connectivity index (χ4n) is 6.63. The number of rotatable bonds is 3. The summed E-state index contributed by atoms with van der Waals surface area (Å²) in [5, 5.41) is 7.64. The van der Waals surface area contributed by atoms with Gasteiger partial charge >= 0.3 is 6.18 Å². The van der Waals surface area contributed by atoms with E-state index in [1.165, 1.54) is 18.2 Å². The second-order valence-corrected chi connectivity index (χ2v) is 11.3. The van der Waals surface area contributed by atoms with E-state index < -0.39 is 35.4 Å². The molecule has 202 valence electrons. The van der Waals surface area contributed by atoms with Crippen molar-refractivity contribution < 1.29 is 22.4 Å². The zero-order valence-corrected chi connectivity index (χ0v) is 21.9. The molecule has 0 bridgehead atoms. The van der Waals surface area contributed by atoms with Crippen molar-refractivity contribution in [3.63, 3.8) is 0 Å². The van der Waals surface area contributed by atoms with Gasteiger partial charge in [0, 0.05) is 28.0 Å². The summed E-state index contributed by atoms with van der Waals surface area (Å²) >= 11 is 6.03. The van der Waals surface area contributed by atoms with Crippen molar-refractivity contribution in [3.05, 3.63) is 99.6 Å². The van der Waals surface area contributed by atoms with E-state index in [9.17, 15) is 22.4 Å². The molecule has 2 aromatic carbocycles. The largest absolute Gasteiger partial charge is 0.394 e. The summed E-state index contributed by atoms with van der Waals surface area (Å²) in [4.78, 5) is 13.1. The summed E-state index contributed by atoms with van der Waals surface area (Å²) in [6, 6.07) is 11.3. The number of halogens is 5. The van der Waals surface area contributed by atoms with Crippen LogP contribution >= 0.6 is 11.6 Å². The van der Waals surface area contributed by atoms with Crippen molar-refractivity contribution in [2.45, 2.75) is 44.8 Å². The molecule has 0 saturated heterocycles. The van der Waals surface area contributed by atoms with Gasteiger partial charge in [0.25, 0.3) is 5.91 Å². The van der Waals surface area contributed by atoms with Gasteiger partial charge in [-0.2, -0.15) is 18.3 Å². The Bertz CT molecular complexity index is 1510. The van der Waals surface area contributed by atoms with Crippen LogP contribution in [0, 0.1) is 23.1 Å². The van der Waals surface area contributed by atoms with Crippen LogP contribution in [0.2, 0.25) is 5.02 Å². The summed E-state index contributed by atoms with van der Waals surface area (Å²) in [5.41, 5.74) is 4.44. The van der Waals surface area contributed by atoms with Gasteiger partial charge in [-0.25, -0.2) is 9.07 Å². The number of allylic oxidation sites excluding steroid dienone is 2. The average molecular weight is 556 g/mol. The number of hydrogen-bond acceptors (Lipinski definition) is 2. The van der Waals surface area contributed by atoms with Crippen LogP contribution in [0.3, 0.4) is 0 Å². The van der Waals surface area contributed by atoms with E-state index in [1.807, 2.05) is 0 Å². The number of nitrogens with one attached hydrogen (secondary N) is 1. The highest BCUT2D eigenvalue weighted by atomic mass is 35.5. The predicted octanol–water partition coefficient (Wildman–Crippen LogP) is 7.33. The fraction of sp³-hybridized carbons (Fsp3) is 0.333. The van der Waals surface area contributed by atoms with Gasteiger partial charge in [0.2, 0.25) is 0 Å². The summed E-state index contributed by atoms with van der Waals surface area (Å²) in [5.74, 6) is -3.02. The molecular formula is C30H26ClF4N3O. The minimum atomic E-state index is -4.46. The third-order valence-electron chi connectivity index (χ3n) is 8.55. The Hall–Kier alpha value is -3.39. The second kappa shape index (κ2) is 9.37. The zero-order chi connectivity index (χ0) is 27.5. The van der Waals surface area contributed by atoms with Crippen LogP contribution in [0.15, 0.2) is 72.0 Å². The van der Waals surface area contributed by atoms with Gasteiger partial charge in [-0.15, -0.1) is 0 Å². The van der Waals surface area contributed by atoms with Crippen LogP contribution in [0.25, 0.3) is 11.8 Å². The molecule has 0 radical (unpaired) electrons. The molecule has 9 heteroatoms. The lowest BCUT2D eigenvalue weighted by Gasteiger charge is -2.51. The van der Waals surface area contributed by atoms with Crippen molar-refractivity contribution in [2.75, 3.05) is 0 Å². The summed E-state index contributed by atoms with van der Waals surface area (Å²) < 4.78 is 57.9. The molecule has 1 N–H and O–H groups in total. The van der Waals surface area contributed by atoms with E-state index in [4.69, 9.17) is 11.6 Å². The number of nitrogens with zero attached hydrogens (tertiary/aromatic N) is 2. The minimum Gasteiger partial charge on any atom is -0.348 e. The van der Waals surface area contributed by atoms with Crippen LogP contribution < -0.4 is 5.32 Å². The lowest BCUT2D eigenvalue weighted by molar-refractivity contribution is -0.186. The Kier molecular flexibility index (Phi) is 6.21. The lowest BCUT2D eigenvalue weighted by Crippen LogP contribution is -2.55. The number of benzene rings is 2. The summed E-state index contributed by atoms with van der Waals surface area (Å²) in [7, 11) is 0. The monoisotopic (exact) mass is 555 g/mol. The number of fused-ring (bicyclic) bond motifs is 4. The van der Waals surface area contributed by atoms with E-state index in [0.717, 1.165) is 28.1 Å². The molecule has 1 saturated carbocycles. The summed E-state index contributed by atoms with van der Waals surface area (Å²) in [6.45, 7) is 2.08. The molecule has 4 nitrogen and oxygen atoms in total. The molecule has 3 aliphatic carbocycles. The van der Waals surface area contributed by atoms with Crippen LogP contribution in [0.5, 0.6) is 0 Å². The smallest absolute Gasteiger partial charge is 0.348 e. The van der Waals surface area contributed by atoms with Crippen LogP contribution in [0.4, 0.5) is 17.6 Å². The van der Waals surface area contributed by atoms with E-state index in [-0.39, 0.29) is 17.8 Å². The molecule has 3 aromatic rings. The zero-order valence-electron chi connectivity index (χ0n) is 21.1. The van der Waals surface area contributed by atoms with Crippen molar-refractivity contribution in [1.82, 2.24) is 15.1 Å². The first-order valence-electron chi connectivity index (χ1n) is 12.9. The van der Waals surface area contributed by atoms with E-state index in [1.54, 1.807) is 47.3 Å². The molecule has 3 aliphatic rings. The fourth-order valence-corrected chi connectivity index (χ4v) is 6.82. The number of aromatic nitrogens is 2. The molecule has 1 amide bonds. The number of alkyl halides is 3. The van der Waals surface area contributed by atoms with Gasteiger partial charge in [-0.3, -0.25) is 4.79 Å². The molecule has 1 heterocycles. The molecule has 1 fully saturated rings. The molecule has 0 aliphatic heterocycles. The molecule has 1 unspecified atom stereocenters. The van der Waals surface area contributed by atoms with Crippen LogP contribution in [-0.2, 0) is 6.42 Å². The quantitative estimate of drug-likeness (QED) is 0.272. The number of amides is 1. The number of carbonyl (C=O) groups excluding carboxylic acids is 1. The van der Waals surface area contributed by atoms with Crippen LogP contribution in [0.1, 0.15) is 47.8 Å². The van der Waals surface area contributed by atoms with Gasteiger partial charge in [-0.1, -0.05) is 41.8 Å². The number of hydrogen-bond donors (Lipinski definition) is 1. The highest BCUT2D eigenvalue weighted by Crippen LogP contribution is 2.57. The predicted molar refractivity (Wildman–Crippen MR) is 141 cm³/mol. The minimum absolute atomic E-state index is 0.194. The first-order chi connectivity index (χ1) is 18.5. The highest BCUT2D eigenvalue weighted by Gasteiger charge is 2.54. The Morgan fingerprint density at radius 2 is 1.95 bits per heavy atom. The van der Waals surface area contributed by atoms with E-state index in [2.05, 4.69) is 23.4 Å². The first kappa shape index (κ1) is 25.9. The molecule has 0 spiro atoms. The standard InChI is InChI=1S/C30H26ClF4N3O/c1-29-15-18-16-36-38(22-8-6-21(32)7-9-22)26(18)14-19(29)5-10-23-24(29)11-12-25(30(33,34)35)27(23)37-28(39)17-3-2-4-20(31)13-17/h2-4,6-9,11,13-14,16,23,25,27H,5,10,12,15H2,1H3,(H,37,39)/t23?,25-,27-,29+/m1/s1. The molecule has 6 rings (SSSR count). The van der Waals surface area contributed by atoms with Crippen LogP contribution in [-0.4, -0.2) is 27.9 Å². The Morgan fingerprint density at radius 1 is 1.18 bits per heavy atom. The third-order valence-corrected chi connectivity index (χ3v) is 8.78. The maximum atomic E-state index is 14.2. The molecule has 39 heavy (non-hydrogen) atoms. The van der Waals surface area contributed by atoms with Gasteiger partial charge in [-0.05, 0) is 79.8 Å². The average Bonchev–Trinajstić information content (AvgIpc) is 3.29. The second-order valence-electron chi connectivity index (χ2n) is 10.8. The topological polar surface area (TPSA) is 46.9 Å². The van der Waals surface area contributed by atoms with Gasteiger partial charge < -0.3 is 5.32 Å². The van der Waals surface area contributed by atoms with Gasteiger partial charge in [0.1, 0.15) is 5.82 Å². The molecular weight excluding hydrogens is 530 g/mol. The van der Waals surface area contributed by atoms with E-state index >= 15 is 0 Å². The third kappa shape index (κ3) is 4.48. The molecule has 4 atom stereocenters. The SMILES string of the molecule is C[C@]12Cc3cnn(-c4ccc(F)cc4)c3C=C1CCC1C2=CC[C@@H](C(F)(F)F)[C@@H]1NC(=O)c1cccc(Cl)c1. The Labute approximate surface area is 228 Å². The van der Waals surface area contributed by atoms with E-state index in [0.29, 0.717) is 24.3 Å². The Morgan fingerprint density at radius 3 is 2.67 bits per heavy atom. The van der Waals surface area contributed by atoms with Crippen molar-refractivity contribution >= 4 is 23.6 Å². The number of carbonyl (C=O) groups is 1. The maximum Gasteiger partial charge on any atom is 0.394 e. The lowest BCUT2D eigenvalue weighted by atomic mass is 9.55. The van der Waals surface area contributed by atoms with Crippen molar-refractivity contribution in [3.8, 4) is 5.69 Å².